The molecule has 0 spiro atoms. The molecule has 0 saturated heterocycles. The Hall–Kier alpha value is -0.890. The SMILES string of the molecule is CCCCCCCCCOC[n+]1ccccc1. The fourth-order valence-electron chi connectivity index (χ4n) is 1.85. The minimum absolute atomic E-state index is 0.677. The zero-order chi connectivity index (χ0) is 12.2. The summed E-state index contributed by atoms with van der Waals surface area (Å²) in [4.78, 5) is 0. The van der Waals surface area contributed by atoms with Crippen molar-refractivity contribution in [3.05, 3.63) is 30.6 Å². The van der Waals surface area contributed by atoms with Crippen molar-refractivity contribution in [2.75, 3.05) is 6.61 Å². The van der Waals surface area contributed by atoms with Crippen LogP contribution in [0.15, 0.2) is 30.6 Å². The van der Waals surface area contributed by atoms with E-state index in [0.717, 1.165) is 6.61 Å². The molecule has 0 radical (unpaired) electrons. The molecule has 0 N–H and O–H groups in total. The number of rotatable bonds is 10. The van der Waals surface area contributed by atoms with E-state index >= 15 is 0 Å². The molecule has 0 aliphatic heterocycles. The van der Waals surface area contributed by atoms with Gasteiger partial charge >= 0.3 is 0 Å². The van der Waals surface area contributed by atoms with Gasteiger partial charge in [-0.3, -0.25) is 0 Å². The normalized spacial score (nSPS) is 10.6. The fourth-order valence-corrected chi connectivity index (χ4v) is 1.85. The van der Waals surface area contributed by atoms with Gasteiger partial charge in [0.1, 0.15) is 0 Å². The molecule has 0 unspecified atom stereocenters. The Morgan fingerprint density at radius 1 is 0.824 bits per heavy atom. The van der Waals surface area contributed by atoms with Crippen molar-refractivity contribution in [1.82, 2.24) is 0 Å². The van der Waals surface area contributed by atoms with E-state index in [4.69, 9.17) is 4.74 Å². The number of ether oxygens (including phenoxy) is 1. The summed E-state index contributed by atoms with van der Waals surface area (Å²) in [7, 11) is 0. The summed E-state index contributed by atoms with van der Waals surface area (Å²) in [6, 6.07) is 6.07. The average Bonchev–Trinajstić information content (AvgIpc) is 2.38. The van der Waals surface area contributed by atoms with Crippen LogP contribution < -0.4 is 4.57 Å². The molecule has 1 aromatic rings. The standard InChI is InChI=1S/C15H26NO/c1-2-3-4-5-6-7-11-14-17-15-16-12-9-8-10-13-16/h8-10,12-13H,2-7,11,14-15H2,1H3/q+1. The summed E-state index contributed by atoms with van der Waals surface area (Å²) < 4.78 is 7.67. The van der Waals surface area contributed by atoms with Crippen molar-refractivity contribution in [3.8, 4) is 0 Å². The second kappa shape index (κ2) is 10.3. The molecule has 0 atom stereocenters. The van der Waals surface area contributed by atoms with Crippen molar-refractivity contribution in [1.29, 1.82) is 0 Å². The van der Waals surface area contributed by atoms with Crippen LogP contribution in [0.1, 0.15) is 51.9 Å². The first kappa shape index (κ1) is 14.2. The van der Waals surface area contributed by atoms with Crippen LogP contribution in [0.25, 0.3) is 0 Å². The van der Waals surface area contributed by atoms with Gasteiger partial charge in [-0.1, -0.05) is 51.5 Å². The van der Waals surface area contributed by atoms with E-state index in [1.165, 1.54) is 44.9 Å². The Balaban J connectivity index is 1.85. The molecule has 0 bridgehead atoms. The smallest absolute Gasteiger partial charge is 0.252 e. The predicted molar refractivity (Wildman–Crippen MR) is 70.6 cm³/mol. The number of aromatic nitrogens is 1. The molecule has 0 fully saturated rings. The summed E-state index contributed by atoms with van der Waals surface area (Å²) in [6.07, 6.45) is 13.4. The first-order valence-corrected chi connectivity index (χ1v) is 6.95. The van der Waals surface area contributed by atoms with Gasteiger partial charge in [-0.25, -0.2) is 0 Å². The highest BCUT2D eigenvalue weighted by atomic mass is 16.5. The van der Waals surface area contributed by atoms with E-state index in [-0.39, 0.29) is 0 Å². The lowest BCUT2D eigenvalue weighted by Crippen LogP contribution is -2.33. The molecule has 2 heteroatoms. The number of nitrogens with zero attached hydrogens (tertiary/aromatic N) is 1. The van der Waals surface area contributed by atoms with Gasteiger partial charge in [0, 0.05) is 12.1 Å². The van der Waals surface area contributed by atoms with Gasteiger partial charge < -0.3 is 4.74 Å². The Bertz CT molecular complexity index is 261. The molecule has 17 heavy (non-hydrogen) atoms. The van der Waals surface area contributed by atoms with E-state index in [0.29, 0.717) is 6.73 Å². The summed E-state index contributed by atoms with van der Waals surface area (Å²) in [5, 5.41) is 0. The molecule has 1 rings (SSSR count). The third-order valence-electron chi connectivity index (χ3n) is 2.91. The van der Waals surface area contributed by atoms with Crippen LogP contribution in [0.5, 0.6) is 0 Å². The van der Waals surface area contributed by atoms with E-state index in [9.17, 15) is 0 Å². The Kier molecular flexibility index (Phi) is 8.57. The van der Waals surface area contributed by atoms with Crippen molar-refractivity contribution in [2.45, 2.75) is 58.6 Å². The summed E-state index contributed by atoms with van der Waals surface area (Å²) >= 11 is 0. The summed E-state index contributed by atoms with van der Waals surface area (Å²) in [5.74, 6) is 0. The fraction of sp³-hybridized carbons (Fsp3) is 0.667. The number of pyridine rings is 1. The predicted octanol–water partition coefficient (Wildman–Crippen LogP) is 3.70. The van der Waals surface area contributed by atoms with Crippen LogP contribution in [0.4, 0.5) is 0 Å². The van der Waals surface area contributed by atoms with Gasteiger partial charge in [-0.15, -0.1) is 0 Å². The second-order valence-corrected chi connectivity index (χ2v) is 4.55. The van der Waals surface area contributed by atoms with Crippen LogP contribution in [-0.4, -0.2) is 6.61 Å². The Morgan fingerprint density at radius 3 is 2.18 bits per heavy atom. The zero-order valence-electron chi connectivity index (χ0n) is 11.1. The van der Waals surface area contributed by atoms with E-state index in [2.05, 4.69) is 11.5 Å². The Morgan fingerprint density at radius 2 is 1.47 bits per heavy atom. The van der Waals surface area contributed by atoms with Crippen molar-refractivity contribution >= 4 is 0 Å². The third kappa shape index (κ3) is 7.92. The maximum Gasteiger partial charge on any atom is 0.252 e. The lowest BCUT2D eigenvalue weighted by atomic mass is 10.1. The van der Waals surface area contributed by atoms with Crippen molar-refractivity contribution in [3.63, 3.8) is 0 Å². The molecule has 0 aromatic carbocycles. The minimum Gasteiger partial charge on any atom is -0.323 e. The molecular weight excluding hydrogens is 210 g/mol. The highest BCUT2D eigenvalue weighted by Crippen LogP contribution is 2.06. The monoisotopic (exact) mass is 236 g/mol. The molecular formula is C15H26NO+. The van der Waals surface area contributed by atoms with Crippen LogP contribution in [-0.2, 0) is 11.5 Å². The molecule has 0 aliphatic rings. The molecule has 2 nitrogen and oxygen atoms in total. The summed E-state index contributed by atoms with van der Waals surface area (Å²) in [5.41, 5.74) is 0. The van der Waals surface area contributed by atoms with Gasteiger partial charge in [0.15, 0.2) is 12.4 Å². The average molecular weight is 236 g/mol. The van der Waals surface area contributed by atoms with E-state index in [1.54, 1.807) is 0 Å². The highest BCUT2D eigenvalue weighted by Gasteiger charge is 1.96. The number of hydrogen-bond acceptors (Lipinski definition) is 1. The van der Waals surface area contributed by atoms with E-state index in [1.807, 2.05) is 30.6 Å². The van der Waals surface area contributed by atoms with Crippen LogP contribution in [0.3, 0.4) is 0 Å². The van der Waals surface area contributed by atoms with Crippen LogP contribution in [0.2, 0.25) is 0 Å². The first-order valence-electron chi connectivity index (χ1n) is 6.95. The molecule has 0 saturated carbocycles. The molecule has 1 heterocycles. The summed E-state index contributed by atoms with van der Waals surface area (Å²) in [6.45, 7) is 3.82. The largest absolute Gasteiger partial charge is 0.323 e. The van der Waals surface area contributed by atoms with Gasteiger partial charge in [-0.05, 0) is 6.42 Å². The Labute approximate surface area is 106 Å². The highest BCUT2D eigenvalue weighted by molar-refractivity contribution is 4.83. The van der Waals surface area contributed by atoms with Gasteiger partial charge in [0.25, 0.3) is 6.73 Å². The van der Waals surface area contributed by atoms with Gasteiger partial charge in [0.2, 0.25) is 0 Å². The van der Waals surface area contributed by atoms with Crippen LogP contribution in [0, 0.1) is 0 Å². The topological polar surface area (TPSA) is 13.1 Å². The van der Waals surface area contributed by atoms with Crippen LogP contribution >= 0.6 is 0 Å². The lowest BCUT2D eigenvalue weighted by Gasteiger charge is -2.01. The van der Waals surface area contributed by atoms with E-state index < -0.39 is 0 Å². The molecule has 1 aromatic heterocycles. The minimum atomic E-state index is 0.677. The third-order valence-corrected chi connectivity index (χ3v) is 2.91. The maximum absolute atomic E-state index is 5.61. The zero-order valence-corrected chi connectivity index (χ0v) is 11.1. The molecule has 0 amide bonds. The second-order valence-electron chi connectivity index (χ2n) is 4.55. The van der Waals surface area contributed by atoms with Gasteiger partial charge in [-0.2, -0.15) is 4.57 Å². The maximum atomic E-state index is 5.61. The van der Waals surface area contributed by atoms with Crippen molar-refractivity contribution < 1.29 is 9.30 Å². The molecule has 0 aliphatic carbocycles. The quantitative estimate of drug-likeness (QED) is 0.446. The number of unbranched alkanes of at least 4 members (excludes halogenated alkanes) is 6. The van der Waals surface area contributed by atoms with Gasteiger partial charge in [0.05, 0.1) is 6.61 Å². The first-order chi connectivity index (χ1) is 8.43. The number of hydrogen-bond donors (Lipinski definition) is 0. The molecule has 96 valence electrons. The lowest BCUT2D eigenvalue weighted by molar-refractivity contribution is -0.732. The van der Waals surface area contributed by atoms with Crippen molar-refractivity contribution in [2.24, 2.45) is 0 Å².